The third-order valence-corrected chi connectivity index (χ3v) is 4.12. The lowest BCUT2D eigenvalue weighted by atomic mass is 10.0. The van der Waals surface area contributed by atoms with E-state index in [0.717, 1.165) is 31.7 Å². The van der Waals surface area contributed by atoms with E-state index in [4.69, 9.17) is 0 Å². The Kier molecular flexibility index (Phi) is 3.50. The third-order valence-electron chi connectivity index (χ3n) is 4.12. The van der Waals surface area contributed by atoms with Crippen LogP contribution in [-0.2, 0) is 6.42 Å². The van der Waals surface area contributed by atoms with Gasteiger partial charge in [0.2, 0.25) is 0 Å². The van der Waals surface area contributed by atoms with Crippen molar-refractivity contribution < 1.29 is 4.39 Å². The summed E-state index contributed by atoms with van der Waals surface area (Å²) in [6.45, 7) is 3.29. The van der Waals surface area contributed by atoms with Gasteiger partial charge in [-0.2, -0.15) is 0 Å². The first-order chi connectivity index (χ1) is 8.83. The van der Waals surface area contributed by atoms with Gasteiger partial charge < -0.3 is 10.2 Å². The molecular formula is C15H21FN2. The highest BCUT2D eigenvalue weighted by molar-refractivity contribution is 5.55. The number of nitrogens with one attached hydrogen (secondary N) is 1. The van der Waals surface area contributed by atoms with E-state index < -0.39 is 0 Å². The SMILES string of the molecule is Fc1ccc(CC2CCCN2)c(N2CCCC2)c1. The van der Waals surface area contributed by atoms with Crippen LogP contribution in [0.15, 0.2) is 18.2 Å². The number of rotatable bonds is 3. The van der Waals surface area contributed by atoms with Crippen molar-refractivity contribution in [2.24, 2.45) is 0 Å². The average molecular weight is 248 g/mol. The maximum atomic E-state index is 13.5. The number of anilines is 1. The Labute approximate surface area is 108 Å². The van der Waals surface area contributed by atoms with Crippen LogP contribution in [0.2, 0.25) is 0 Å². The first kappa shape index (κ1) is 12.0. The molecule has 2 nitrogen and oxygen atoms in total. The van der Waals surface area contributed by atoms with Gasteiger partial charge in [0.25, 0.3) is 0 Å². The molecule has 0 saturated carbocycles. The summed E-state index contributed by atoms with van der Waals surface area (Å²) in [4.78, 5) is 2.34. The van der Waals surface area contributed by atoms with E-state index in [1.54, 1.807) is 12.1 Å². The van der Waals surface area contributed by atoms with Crippen LogP contribution in [0.4, 0.5) is 10.1 Å². The van der Waals surface area contributed by atoms with Crippen LogP contribution in [-0.4, -0.2) is 25.7 Å². The topological polar surface area (TPSA) is 15.3 Å². The van der Waals surface area contributed by atoms with Gasteiger partial charge in [0.15, 0.2) is 0 Å². The Morgan fingerprint density at radius 1 is 1.22 bits per heavy atom. The summed E-state index contributed by atoms with van der Waals surface area (Å²) in [5.74, 6) is -0.111. The minimum absolute atomic E-state index is 0.111. The van der Waals surface area contributed by atoms with Gasteiger partial charge in [0, 0.05) is 24.8 Å². The van der Waals surface area contributed by atoms with Gasteiger partial charge in [-0.1, -0.05) is 6.07 Å². The normalized spacial score (nSPS) is 23.8. The third kappa shape index (κ3) is 2.51. The molecule has 1 atom stereocenters. The fourth-order valence-corrected chi connectivity index (χ4v) is 3.16. The first-order valence-electron chi connectivity index (χ1n) is 7.10. The quantitative estimate of drug-likeness (QED) is 0.885. The van der Waals surface area contributed by atoms with Crippen LogP contribution < -0.4 is 10.2 Å². The molecule has 0 amide bonds. The summed E-state index contributed by atoms with van der Waals surface area (Å²) >= 11 is 0. The van der Waals surface area contributed by atoms with Gasteiger partial charge in [0.05, 0.1) is 0 Å². The molecule has 0 aliphatic carbocycles. The van der Waals surface area contributed by atoms with Gasteiger partial charge in [-0.3, -0.25) is 0 Å². The zero-order chi connectivity index (χ0) is 12.4. The predicted molar refractivity (Wildman–Crippen MR) is 72.6 cm³/mol. The van der Waals surface area contributed by atoms with Gasteiger partial charge in [-0.05, 0) is 56.3 Å². The largest absolute Gasteiger partial charge is 0.371 e. The standard InChI is InChI=1S/C15H21FN2/c16-13-6-5-12(10-14-4-3-7-17-14)15(11-13)18-8-1-2-9-18/h5-6,11,14,17H,1-4,7-10H2. The van der Waals surface area contributed by atoms with Crippen LogP contribution in [0, 0.1) is 5.82 Å². The fourth-order valence-electron chi connectivity index (χ4n) is 3.16. The van der Waals surface area contributed by atoms with Crippen LogP contribution in [0.3, 0.4) is 0 Å². The van der Waals surface area contributed by atoms with E-state index >= 15 is 0 Å². The van der Waals surface area contributed by atoms with Crippen molar-refractivity contribution >= 4 is 5.69 Å². The van der Waals surface area contributed by atoms with E-state index in [2.05, 4.69) is 10.2 Å². The monoisotopic (exact) mass is 248 g/mol. The smallest absolute Gasteiger partial charge is 0.125 e. The lowest BCUT2D eigenvalue weighted by molar-refractivity contribution is 0.597. The molecule has 2 saturated heterocycles. The van der Waals surface area contributed by atoms with E-state index in [1.807, 2.05) is 6.07 Å². The van der Waals surface area contributed by atoms with E-state index in [9.17, 15) is 4.39 Å². The number of nitrogens with zero attached hydrogens (tertiary/aromatic N) is 1. The van der Waals surface area contributed by atoms with Crippen LogP contribution >= 0.6 is 0 Å². The molecule has 2 aliphatic rings. The molecule has 98 valence electrons. The average Bonchev–Trinajstić information content (AvgIpc) is 3.04. The van der Waals surface area contributed by atoms with Crippen molar-refractivity contribution in [1.82, 2.24) is 5.32 Å². The first-order valence-corrected chi connectivity index (χ1v) is 7.10. The summed E-state index contributed by atoms with van der Waals surface area (Å²) < 4.78 is 13.5. The number of halogens is 1. The molecule has 0 bridgehead atoms. The van der Waals surface area contributed by atoms with Crippen LogP contribution in [0.25, 0.3) is 0 Å². The summed E-state index contributed by atoms with van der Waals surface area (Å²) in [5, 5.41) is 3.53. The molecule has 1 aromatic rings. The number of hydrogen-bond donors (Lipinski definition) is 1. The Balaban J connectivity index is 1.82. The zero-order valence-corrected chi connectivity index (χ0v) is 10.8. The van der Waals surface area contributed by atoms with Gasteiger partial charge in [0.1, 0.15) is 5.82 Å². The molecule has 3 heteroatoms. The minimum atomic E-state index is -0.111. The summed E-state index contributed by atoms with van der Waals surface area (Å²) in [5.41, 5.74) is 2.43. The molecule has 1 unspecified atom stereocenters. The second-order valence-electron chi connectivity index (χ2n) is 5.46. The van der Waals surface area contributed by atoms with E-state index in [1.165, 1.54) is 31.2 Å². The highest BCUT2D eigenvalue weighted by Gasteiger charge is 2.20. The molecule has 2 heterocycles. The highest BCUT2D eigenvalue weighted by Crippen LogP contribution is 2.27. The Bertz CT molecular complexity index is 407. The maximum absolute atomic E-state index is 13.5. The van der Waals surface area contributed by atoms with Crippen molar-refractivity contribution in [3.8, 4) is 0 Å². The van der Waals surface area contributed by atoms with Crippen molar-refractivity contribution in [1.29, 1.82) is 0 Å². The molecule has 1 N–H and O–H groups in total. The summed E-state index contributed by atoms with van der Waals surface area (Å²) in [6.07, 6.45) is 6.02. The molecular weight excluding hydrogens is 227 g/mol. The maximum Gasteiger partial charge on any atom is 0.125 e. The van der Waals surface area contributed by atoms with E-state index in [-0.39, 0.29) is 5.82 Å². The molecule has 1 aromatic carbocycles. The molecule has 0 spiro atoms. The van der Waals surface area contributed by atoms with Crippen molar-refractivity contribution in [2.75, 3.05) is 24.5 Å². The van der Waals surface area contributed by atoms with Crippen molar-refractivity contribution in [3.05, 3.63) is 29.6 Å². The van der Waals surface area contributed by atoms with Crippen LogP contribution in [0.1, 0.15) is 31.2 Å². The fraction of sp³-hybridized carbons (Fsp3) is 0.600. The van der Waals surface area contributed by atoms with Gasteiger partial charge in [-0.15, -0.1) is 0 Å². The summed E-state index contributed by atoms with van der Waals surface area (Å²) in [6, 6.07) is 5.87. The van der Waals surface area contributed by atoms with Gasteiger partial charge >= 0.3 is 0 Å². The Morgan fingerprint density at radius 2 is 2.06 bits per heavy atom. The Hall–Kier alpha value is -1.09. The van der Waals surface area contributed by atoms with Gasteiger partial charge in [-0.25, -0.2) is 4.39 Å². The zero-order valence-electron chi connectivity index (χ0n) is 10.8. The number of benzene rings is 1. The van der Waals surface area contributed by atoms with Crippen molar-refractivity contribution in [2.45, 2.75) is 38.1 Å². The second kappa shape index (κ2) is 5.27. The lowest BCUT2D eigenvalue weighted by Gasteiger charge is -2.23. The minimum Gasteiger partial charge on any atom is -0.371 e. The Morgan fingerprint density at radius 3 is 2.78 bits per heavy atom. The molecule has 2 fully saturated rings. The second-order valence-corrected chi connectivity index (χ2v) is 5.46. The lowest BCUT2D eigenvalue weighted by Crippen LogP contribution is -2.26. The molecule has 3 rings (SSSR count). The molecule has 18 heavy (non-hydrogen) atoms. The number of hydrogen-bond acceptors (Lipinski definition) is 2. The van der Waals surface area contributed by atoms with E-state index in [0.29, 0.717) is 6.04 Å². The predicted octanol–water partition coefficient (Wildman–Crippen LogP) is 2.72. The molecule has 0 aromatic heterocycles. The van der Waals surface area contributed by atoms with Crippen LogP contribution in [0.5, 0.6) is 0 Å². The molecule has 2 aliphatic heterocycles. The summed E-state index contributed by atoms with van der Waals surface area (Å²) in [7, 11) is 0. The van der Waals surface area contributed by atoms with Crippen molar-refractivity contribution in [3.63, 3.8) is 0 Å². The highest BCUT2D eigenvalue weighted by atomic mass is 19.1. The molecule has 0 radical (unpaired) electrons.